The SMILES string of the molecule is CCn1c(=O)n(CC(=O)N(C)C(C)CN)c2ccccc21. The minimum atomic E-state index is -0.152. The van der Waals surface area contributed by atoms with Gasteiger partial charge < -0.3 is 10.6 Å². The van der Waals surface area contributed by atoms with E-state index in [1.54, 1.807) is 16.5 Å². The normalized spacial score (nSPS) is 12.6. The van der Waals surface area contributed by atoms with Crippen LogP contribution >= 0.6 is 0 Å². The van der Waals surface area contributed by atoms with Gasteiger partial charge in [-0.25, -0.2) is 4.79 Å². The molecular formula is C15H22N4O2. The Morgan fingerprint density at radius 1 is 1.29 bits per heavy atom. The number of carbonyl (C=O) groups is 1. The van der Waals surface area contributed by atoms with Gasteiger partial charge in [0.25, 0.3) is 0 Å². The van der Waals surface area contributed by atoms with Gasteiger partial charge in [-0.05, 0) is 26.0 Å². The molecular weight excluding hydrogens is 268 g/mol. The van der Waals surface area contributed by atoms with Crippen LogP contribution in [-0.2, 0) is 17.9 Å². The molecule has 2 rings (SSSR count). The molecule has 1 unspecified atom stereocenters. The number of rotatable bonds is 5. The first-order valence-corrected chi connectivity index (χ1v) is 7.15. The predicted octanol–water partition coefficient (Wildman–Crippen LogP) is 0.629. The molecule has 0 saturated heterocycles. The number of aromatic nitrogens is 2. The summed E-state index contributed by atoms with van der Waals surface area (Å²) in [5.74, 6) is -0.117. The van der Waals surface area contributed by atoms with Crippen molar-refractivity contribution in [1.82, 2.24) is 14.0 Å². The van der Waals surface area contributed by atoms with Gasteiger partial charge >= 0.3 is 5.69 Å². The highest BCUT2D eigenvalue weighted by Gasteiger charge is 2.18. The summed E-state index contributed by atoms with van der Waals surface area (Å²) in [5, 5.41) is 0. The lowest BCUT2D eigenvalue weighted by Crippen LogP contribution is -2.42. The molecule has 1 aromatic carbocycles. The number of benzene rings is 1. The first-order chi connectivity index (χ1) is 10.0. The van der Waals surface area contributed by atoms with Gasteiger partial charge in [-0.1, -0.05) is 12.1 Å². The number of nitrogens with two attached hydrogens (primary N) is 1. The third-order valence-corrected chi connectivity index (χ3v) is 3.93. The van der Waals surface area contributed by atoms with E-state index in [1.807, 2.05) is 38.1 Å². The van der Waals surface area contributed by atoms with Gasteiger partial charge in [-0.2, -0.15) is 0 Å². The van der Waals surface area contributed by atoms with E-state index in [1.165, 1.54) is 4.57 Å². The van der Waals surface area contributed by atoms with Crippen molar-refractivity contribution in [1.29, 1.82) is 0 Å². The van der Waals surface area contributed by atoms with Gasteiger partial charge in [0.05, 0.1) is 11.0 Å². The Balaban J connectivity index is 2.41. The molecule has 0 aliphatic carbocycles. The lowest BCUT2D eigenvalue weighted by atomic mass is 10.3. The van der Waals surface area contributed by atoms with Crippen molar-refractivity contribution < 1.29 is 4.79 Å². The van der Waals surface area contributed by atoms with Gasteiger partial charge in [0, 0.05) is 26.2 Å². The fourth-order valence-electron chi connectivity index (χ4n) is 2.38. The Labute approximate surface area is 123 Å². The van der Waals surface area contributed by atoms with E-state index < -0.39 is 0 Å². The van der Waals surface area contributed by atoms with Crippen LogP contribution in [0.3, 0.4) is 0 Å². The van der Waals surface area contributed by atoms with Gasteiger partial charge in [0.2, 0.25) is 5.91 Å². The topological polar surface area (TPSA) is 73.3 Å². The second-order valence-corrected chi connectivity index (χ2v) is 5.19. The van der Waals surface area contributed by atoms with Crippen molar-refractivity contribution in [2.75, 3.05) is 13.6 Å². The molecule has 1 amide bonds. The Bertz CT molecular complexity index is 701. The fraction of sp³-hybridized carbons (Fsp3) is 0.467. The number of aryl methyl sites for hydroxylation is 1. The smallest absolute Gasteiger partial charge is 0.329 e. The average Bonchev–Trinajstić information content (AvgIpc) is 2.77. The molecule has 1 atom stereocenters. The largest absolute Gasteiger partial charge is 0.340 e. The minimum Gasteiger partial charge on any atom is -0.340 e. The van der Waals surface area contributed by atoms with Crippen molar-refractivity contribution in [3.05, 3.63) is 34.7 Å². The summed E-state index contributed by atoms with van der Waals surface area (Å²) in [6.07, 6.45) is 0. The van der Waals surface area contributed by atoms with Crippen LogP contribution in [0.5, 0.6) is 0 Å². The molecule has 1 heterocycles. The zero-order valence-corrected chi connectivity index (χ0v) is 12.7. The quantitative estimate of drug-likeness (QED) is 0.877. The van der Waals surface area contributed by atoms with E-state index in [-0.39, 0.29) is 24.2 Å². The number of likely N-dealkylation sites (N-methyl/N-ethyl adjacent to an activating group) is 1. The molecule has 0 spiro atoms. The Hall–Kier alpha value is -2.08. The van der Waals surface area contributed by atoms with Crippen molar-refractivity contribution in [2.45, 2.75) is 33.0 Å². The molecule has 2 N–H and O–H groups in total. The van der Waals surface area contributed by atoms with Gasteiger partial charge in [0.15, 0.2) is 0 Å². The Morgan fingerprint density at radius 3 is 2.38 bits per heavy atom. The number of fused-ring (bicyclic) bond motifs is 1. The molecule has 0 fully saturated rings. The van der Waals surface area contributed by atoms with Crippen LogP contribution in [0.25, 0.3) is 11.0 Å². The monoisotopic (exact) mass is 290 g/mol. The van der Waals surface area contributed by atoms with Gasteiger partial charge in [-0.3, -0.25) is 13.9 Å². The Kier molecular flexibility index (Phi) is 4.47. The highest BCUT2D eigenvalue weighted by Crippen LogP contribution is 2.13. The van der Waals surface area contributed by atoms with Crippen LogP contribution in [0.4, 0.5) is 0 Å². The van der Waals surface area contributed by atoms with Crippen LogP contribution < -0.4 is 11.4 Å². The number of hydrogen-bond acceptors (Lipinski definition) is 3. The molecule has 1 aromatic heterocycles. The summed E-state index contributed by atoms with van der Waals surface area (Å²) >= 11 is 0. The van der Waals surface area contributed by atoms with Gasteiger partial charge in [0.1, 0.15) is 6.54 Å². The molecule has 0 bridgehead atoms. The third-order valence-electron chi connectivity index (χ3n) is 3.93. The van der Waals surface area contributed by atoms with Crippen LogP contribution in [0.1, 0.15) is 13.8 Å². The molecule has 6 heteroatoms. The summed E-state index contributed by atoms with van der Waals surface area (Å²) in [5.41, 5.74) is 7.07. The summed E-state index contributed by atoms with van der Waals surface area (Å²) < 4.78 is 3.20. The summed E-state index contributed by atoms with van der Waals surface area (Å²) in [7, 11) is 1.71. The zero-order chi connectivity index (χ0) is 15.6. The molecule has 114 valence electrons. The molecule has 6 nitrogen and oxygen atoms in total. The number of carbonyl (C=O) groups excluding carboxylic acids is 1. The molecule has 0 radical (unpaired) electrons. The highest BCUT2D eigenvalue weighted by molar-refractivity contribution is 5.81. The first kappa shape index (κ1) is 15.3. The minimum absolute atomic E-state index is 0.0349. The standard InChI is InChI=1S/C15H22N4O2/c1-4-18-12-7-5-6-8-13(12)19(15(18)21)10-14(20)17(3)11(2)9-16/h5-8,11H,4,9-10,16H2,1-3H3. The van der Waals surface area contributed by atoms with E-state index in [0.717, 1.165) is 11.0 Å². The van der Waals surface area contributed by atoms with Crippen molar-refractivity contribution in [3.63, 3.8) is 0 Å². The number of nitrogens with zero attached hydrogens (tertiary/aromatic N) is 3. The zero-order valence-electron chi connectivity index (χ0n) is 12.7. The maximum Gasteiger partial charge on any atom is 0.329 e. The van der Waals surface area contributed by atoms with Crippen LogP contribution in [0, 0.1) is 0 Å². The molecule has 0 aliphatic heterocycles. The van der Waals surface area contributed by atoms with Crippen molar-refractivity contribution in [3.8, 4) is 0 Å². The fourth-order valence-corrected chi connectivity index (χ4v) is 2.38. The van der Waals surface area contributed by atoms with E-state index in [0.29, 0.717) is 13.1 Å². The second kappa shape index (κ2) is 6.13. The summed E-state index contributed by atoms with van der Waals surface area (Å²) in [6, 6.07) is 7.47. The average molecular weight is 290 g/mol. The highest BCUT2D eigenvalue weighted by atomic mass is 16.2. The van der Waals surface area contributed by atoms with Crippen LogP contribution in [-0.4, -0.2) is 39.6 Å². The van der Waals surface area contributed by atoms with Gasteiger partial charge in [-0.15, -0.1) is 0 Å². The van der Waals surface area contributed by atoms with E-state index in [2.05, 4.69) is 0 Å². The first-order valence-electron chi connectivity index (χ1n) is 7.15. The maximum atomic E-state index is 12.4. The summed E-state index contributed by atoms with van der Waals surface area (Å²) in [6.45, 7) is 4.81. The number of imidazole rings is 1. The van der Waals surface area contributed by atoms with Crippen LogP contribution in [0.15, 0.2) is 29.1 Å². The molecule has 2 aromatic rings. The molecule has 21 heavy (non-hydrogen) atoms. The van der Waals surface area contributed by atoms with Crippen molar-refractivity contribution >= 4 is 16.9 Å². The lowest BCUT2D eigenvalue weighted by Gasteiger charge is -2.23. The second-order valence-electron chi connectivity index (χ2n) is 5.19. The number of para-hydroxylation sites is 2. The molecule has 0 saturated carbocycles. The number of hydrogen-bond donors (Lipinski definition) is 1. The number of amides is 1. The summed E-state index contributed by atoms with van der Waals surface area (Å²) in [4.78, 5) is 26.3. The maximum absolute atomic E-state index is 12.4. The predicted molar refractivity (Wildman–Crippen MR) is 83.2 cm³/mol. The van der Waals surface area contributed by atoms with E-state index in [9.17, 15) is 9.59 Å². The van der Waals surface area contributed by atoms with E-state index in [4.69, 9.17) is 5.73 Å². The lowest BCUT2D eigenvalue weighted by molar-refractivity contribution is -0.132. The molecule has 0 aliphatic rings. The third kappa shape index (κ3) is 2.71. The van der Waals surface area contributed by atoms with Crippen molar-refractivity contribution in [2.24, 2.45) is 5.73 Å². The van der Waals surface area contributed by atoms with E-state index >= 15 is 0 Å². The Morgan fingerprint density at radius 2 is 1.86 bits per heavy atom. The van der Waals surface area contributed by atoms with Crippen LogP contribution in [0.2, 0.25) is 0 Å².